The molecule has 0 radical (unpaired) electrons. The van der Waals surface area contributed by atoms with E-state index in [0.717, 1.165) is 41.4 Å². The zero-order valence-electron chi connectivity index (χ0n) is 28.8. The maximum Gasteiger partial charge on any atom is 0.242 e. The van der Waals surface area contributed by atoms with E-state index in [9.17, 15) is 9.59 Å². The number of anilines is 2. The predicted octanol–water partition coefficient (Wildman–Crippen LogP) is 9.64. The van der Waals surface area contributed by atoms with Gasteiger partial charge in [0.05, 0.1) is 19.7 Å². The summed E-state index contributed by atoms with van der Waals surface area (Å²) < 4.78 is 17.2. The van der Waals surface area contributed by atoms with Crippen molar-refractivity contribution in [1.82, 2.24) is 4.98 Å². The minimum absolute atomic E-state index is 0.137. The van der Waals surface area contributed by atoms with Gasteiger partial charge in [-0.2, -0.15) is 0 Å². The number of pyridine rings is 1. The Balaban J connectivity index is 1.31. The van der Waals surface area contributed by atoms with Gasteiger partial charge in [0.2, 0.25) is 11.8 Å². The first-order valence-electron chi connectivity index (χ1n) is 17.4. The number of nitrogens with one attached hydrogen (secondary N) is 1. The van der Waals surface area contributed by atoms with Crippen LogP contribution in [0.15, 0.2) is 72.9 Å². The lowest BCUT2D eigenvalue weighted by molar-refractivity contribution is -0.132. The number of hydrogen-bond donors (Lipinski definition) is 1. The lowest BCUT2D eigenvalue weighted by atomic mass is 10.0. The van der Waals surface area contributed by atoms with Crippen molar-refractivity contribution in [2.75, 3.05) is 31.0 Å². The van der Waals surface area contributed by atoms with E-state index >= 15 is 0 Å². The monoisotopic (exact) mass is 651 g/mol. The second-order valence-electron chi connectivity index (χ2n) is 12.8. The van der Waals surface area contributed by atoms with Crippen LogP contribution in [0.3, 0.4) is 0 Å². The fraction of sp³-hybridized carbons (Fsp3) is 0.425. The van der Waals surface area contributed by atoms with Crippen LogP contribution < -0.4 is 24.4 Å². The topological polar surface area (TPSA) is 90.0 Å². The molecule has 8 heteroatoms. The third-order valence-corrected chi connectivity index (χ3v) is 9.22. The van der Waals surface area contributed by atoms with Crippen LogP contribution in [0.2, 0.25) is 0 Å². The predicted molar refractivity (Wildman–Crippen MR) is 192 cm³/mol. The van der Waals surface area contributed by atoms with E-state index in [1.807, 2.05) is 78.6 Å². The number of hydrogen-bond acceptors (Lipinski definition) is 6. The molecule has 4 aromatic rings. The van der Waals surface area contributed by atoms with Crippen LogP contribution in [-0.4, -0.2) is 37.6 Å². The van der Waals surface area contributed by atoms with Crippen LogP contribution in [0, 0.1) is 12.3 Å². The average Bonchev–Trinajstić information content (AvgIpc) is 3.92. The molecule has 1 aliphatic carbocycles. The molecular weight excluding hydrogens is 602 g/mol. The maximum absolute atomic E-state index is 14.2. The largest absolute Gasteiger partial charge is 0.493 e. The fourth-order valence-electron chi connectivity index (χ4n) is 6.10. The molecule has 1 N–H and O–H groups in total. The van der Waals surface area contributed by atoms with Crippen molar-refractivity contribution in [2.24, 2.45) is 5.41 Å². The Kier molecular flexibility index (Phi) is 11.9. The number of nitrogens with zero attached hydrogens (tertiary/aromatic N) is 2. The molecule has 3 aromatic carbocycles. The van der Waals surface area contributed by atoms with Gasteiger partial charge in [-0.05, 0) is 74.7 Å². The molecule has 1 fully saturated rings. The molecule has 0 unspecified atom stereocenters. The highest BCUT2D eigenvalue weighted by atomic mass is 16.5. The fourth-order valence-corrected chi connectivity index (χ4v) is 6.10. The van der Waals surface area contributed by atoms with Gasteiger partial charge in [-0.3, -0.25) is 14.6 Å². The third kappa shape index (κ3) is 8.46. The summed E-state index contributed by atoms with van der Waals surface area (Å²) in [4.78, 5) is 34.0. The Bertz CT molecular complexity index is 1670. The average molecular weight is 652 g/mol. The van der Waals surface area contributed by atoms with Gasteiger partial charge in [-0.25, -0.2) is 0 Å². The molecular formula is C40H49N3O5. The zero-order valence-corrected chi connectivity index (χ0v) is 28.8. The molecule has 5 rings (SSSR count). The number of amides is 2. The molecule has 0 saturated heterocycles. The molecule has 1 aliphatic rings. The smallest absolute Gasteiger partial charge is 0.242 e. The van der Waals surface area contributed by atoms with Gasteiger partial charge >= 0.3 is 0 Å². The van der Waals surface area contributed by atoms with Crippen LogP contribution in [-0.2, 0) is 9.59 Å². The molecule has 0 atom stereocenters. The molecule has 1 heterocycles. The van der Waals surface area contributed by atoms with Gasteiger partial charge < -0.3 is 24.4 Å². The highest BCUT2D eigenvalue weighted by Crippen LogP contribution is 2.49. The number of aryl methyl sites for hydroxylation is 1. The Labute approximate surface area is 284 Å². The Morgan fingerprint density at radius 3 is 2.04 bits per heavy atom. The summed E-state index contributed by atoms with van der Waals surface area (Å²) in [6.07, 6.45) is 13.5. The summed E-state index contributed by atoms with van der Waals surface area (Å²) in [7, 11) is 3.19. The Hall–Kier alpha value is -4.59. The van der Waals surface area contributed by atoms with E-state index in [4.69, 9.17) is 14.2 Å². The normalized spacial score (nSPS) is 13.2. The van der Waals surface area contributed by atoms with Gasteiger partial charge in [0.15, 0.2) is 11.5 Å². The lowest BCUT2D eigenvalue weighted by Gasteiger charge is -2.27. The number of unbranched alkanes of at least 4 members (excludes halogenated alkanes) is 8. The summed E-state index contributed by atoms with van der Waals surface area (Å²) >= 11 is 0. The van der Waals surface area contributed by atoms with E-state index in [1.165, 1.54) is 38.5 Å². The minimum Gasteiger partial charge on any atom is -0.493 e. The van der Waals surface area contributed by atoms with Crippen LogP contribution >= 0.6 is 0 Å². The van der Waals surface area contributed by atoms with Crippen molar-refractivity contribution in [1.29, 1.82) is 0 Å². The molecule has 48 heavy (non-hydrogen) atoms. The highest BCUT2D eigenvalue weighted by molar-refractivity contribution is 6.17. The molecule has 2 amide bonds. The molecule has 8 nitrogen and oxygen atoms in total. The van der Waals surface area contributed by atoms with Crippen LogP contribution in [0.5, 0.6) is 23.0 Å². The summed E-state index contributed by atoms with van der Waals surface area (Å²) in [6, 6.07) is 20.7. The van der Waals surface area contributed by atoms with Gasteiger partial charge in [0, 0.05) is 35.6 Å². The SMILES string of the molecule is CCCCCCCCCCCN(C(=O)C1(C(=O)Nc2ccc(C)cc2)CC1)c1ccc(Oc2ccnc3cc(OC)c(OC)cc23)cc1. The van der Waals surface area contributed by atoms with E-state index in [-0.39, 0.29) is 11.8 Å². The van der Waals surface area contributed by atoms with E-state index in [0.29, 0.717) is 48.1 Å². The number of fused-ring (bicyclic) bond motifs is 1. The quantitative estimate of drug-likeness (QED) is 0.0851. The third-order valence-electron chi connectivity index (χ3n) is 9.22. The van der Waals surface area contributed by atoms with Gasteiger partial charge in [0.1, 0.15) is 16.9 Å². The number of ether oxygens (including phenoxy) is 3. The number of aromatic nitrogens is 1. The van der Waals surface area contributed by atoms with Gasteiger partial charge in [-0.1, -0.05) is 76.0 Å². The van der Waals surface area contributed by atoms with Crippen LogP contribution in [0.1, 0.15) is 83.1 Å². The van der Waals surface area contributed by atoms with E-state index in [1.54, 1.807) is 20.4 Å². The number of methoxy groups -OCH3 is 2. The number of carbonyl (C=O) groups is 2. The van der Waals surface area contributed by atoms with Gasteiger partial charge in [-0.15, -0.1) is 0 Å². The molecule has 1 saturated carbocycles. The first kappa shape index (κ1) is 34.7. The number of carbonyl (C=O) groups excluding carboxylic acids is 2. The van der Waals surface area contributed by atoms with Crippen molar-refractivity contribution in [3.63, 3.8) is 0 Å². The molecule has 0 spiro atoms. The minimum atomic E-state index is -1.05. The molecule has 254 valence electrons. The number of benzene rings is 3. The second-order valence-corrected chi connectivity index (χ2v) is 12.8. The van der Waals surface area contributed by atoms with Crippen LogP contribution in [0.4, 0.5) is 11.4 Å². The maximum atomic E-state index is 14.2. The van der Waals surface area contributed by atoms with Gasteiger partial charge in [0.25, 0.3) is 0 Å². The zero-order chi connectivity index (χ0) is 33.9. The molecule has 1 aromatic heterocycles. The first-order chi connectivity index (χ1) is 23.4. The molecule has 0 aliphatic heterocycles. The van der Waals surface area contributed by atoms with E-state index in [2.05, 4.69) is 17.2 Å². The first-order valence-corrected chi connectivity index (χ1v) is 17.4. The van der Waals surface area contributed by atoms with Crippen molar-refractivity contribution in [2.45, 2.75) is 84.5 Å². The standard InChI is InChI=1S/C40H49N3O5/c1-5-6-7-8-9-10-11-12-13-26-43(39(45)40(23-24-40)38(44)42-30-16-14-29(2)15-17-30)31-18-20-32(21-19-31)48-35-22-25-41-34-28-37(47-4)36(46-3)27-33(34)35/h14-22,25,27-28H,5-13,23-24,26H2,1-4H3,(H,42,44). The second kappa shape index (κ2) is 16.5. The van der Waals surface area contributed by atoms with Crippen molar-refractivity contribution >= 4 is 34.1 Å². The summed E-state index contributed by atoms with van der Waals surface area (Å²) in [5.74, 6) is 2.06. The van der Waals surface area contributed by atoms with Crippen molar-refractivity contribution < 1.29 is 23.8 Å². The van der Waals surface area contributed by atoms with E-state index < -0.39 is 5.41 Å². The highest BCUT2D eigenvalue weighted by Gasteiger charge is 2.58. The van der Waals surface area contributed by atoms with Crippen LogP contribution in [0.25, 0.3) is 10.9 Å². The Morgan fingerprint density at radius 1 is 0.792 bits per heavy atom. The molecule has 0 bridgehead atoms. The van der Waals surface area contributed by atoms with Crippen molar-refractivity contribution in [3.8, 4) is 23.0 Å². The summed E-state index contributed by atoms with van der Waals surface area (Å²) in [5, 5.41) is 3.79. The number of rotatable bonds is 18. The summed E-state index contributed by atoms with van der Waals surface area (Å²) in [5.41, 5.74) is 2.25. The Morgan fingerprint density at radius 2 is 1.42 bits per heavy atom. The lowest BCUT2D eigenvalue weighted by Crippen LogP contribution is -2.43. The van der Waals surface area contributed by atoms with Crippen molar-refractivity contribution in [3.05, 3.63) is 78.5 Å². The summed E-state index contributed by atoms with van der Waals surface area (Å²) in [6.45, 7) is 4.81.